The molecule has 0 unspecified atom stereocenters. The monoisotopic (exact) mass is 654 g/mol. The maximum atomic E-state index is 6.65. The van der Waals surface area contributed by atoms with Gasteiger partial charge in [0.15, 0.2) is 17.5 Å². The van der Waals surface area contributed by atoms with Crippen LogP contribution < -0.4 is 0 Å². The van der Waals surface area contributed by atoms with Gasteiger partial charge in [0.05, 0.1) is 27.5 Å². The summed E-state index contributed by atoms with van der Waals surface area (Å²) in [6, 6.07) is 53.8. The Bertz CT molecular complexity index is 3080. The van der Waals surface area contributed by atoms with Crippen LogP contribution in [-0.2, 0) is 0 Å². The highest BCUT2D eigenvalue weighted by molar-refractivity contribution is 6.25. The zero-order valence-electron chi connectivity index (χ0n) is 27.1. The molecule has 0 fully saturated rings. The van der Waals surface area contributed by atoms with Crippen LogP contribution in [0.4, 0.5) is 0 Å². The van der Waals surface area contributed by atoms with Crippen LogP contribution in [0.5, 0.6) is 0 Å². The van der Waals surface area contributed by atoms with E-state index in [0.29, 0.717) is 17.5 Å². The topological polar surface area (TPSA) is 69.9 Å². The average molecular weight is 655 g/mol. The molecule has 0 aliphatic rings. The van der Waals surface area contributed by atoms with E-state index in [-0.39, 0.29) is 0 Å². The Morgan fingerprint density at radius 3 is 1.71 bits per heavy atom. The number of hydrogen-bond acceptors (Lipinski definition) is 5. The summed E-state index contributed by atoms with van der Waals surface area (Å²) in [5, 5.41) is 6.61. The molecule has 0 atom stereocenters. The summed E-state index contributed by atoms with van der Waals surface area (Å²) < 4.78 is 15.4. The van der Waals surface area contributed by atoms with Crippen LogP contribution in [0.15, 0.2) is 167 Å². The van der Waals surface area contributed by atoms with Gasteiger partial charge >= 0.3 is 0 Å². The number of para-hydroxylation sites is 2. The van der Waals surface area contributed by atoms with Crippen LogP contribution in [0.1, 0.15) is 0 Å². The van der Waals surface area contributed by atoms with E-state index in [4.69, 9.17) is 23.8 Å². The predicted octanol–water partition coefficient (Wildman–Crippen LogP) is 11.8. The number of rotatable bonds is 4. The zero-order chi connectivity index (χ0) is 33.5. The second-order valence-electron chi connectivity index (χ2n) is 12.8. The fourth-order valence-corrected chi connectivity index (χ4v) is 7.59. The molecular formula is C45H26N4O2. The number of furan rings is 2. The maximum absolute atomic E-state index is 6.65. The first-order chi connectivity index (χ1) is 25.3. The van der Waals surface area contributed by atoms with E-state index in [2.05, 4.69) is 77.4 Å². The molecule has 11 aromatic rings. The van der Waals surface area contributed by atoms with E-state index >= 15 is 0 Å². The number of aromatic nitrogens is 4. The van der Waals surface area contributed by atoms with Crippen molar-refractivity contribution in [2.24, 2.45) is 0 Å². The Morgan fingerprint density at radius 2 is 0.941 bits per heavy atom. The Hall–Kier alpha value is -7.05. The van der Waals surface area contributed by atoms with Crippen molar-refractivity contribution in [2.45, 2.75) is 0 Å². The van der Waals surface area contributed by atoms with E-state index in [1.165, 1.54) is 10.8 Å². The summed E-state index contributed by atoms with van der Waals surface area (Å²) in [6.45, 7) is 0. The van der Waals surface area contributed by atoms with Gasteiger partial charge in [0.25, 0.3) is 0 Å². The van der Waals surface area contributed by atoms with Crippen molar-refractivity contribution in [3.05, 3.63) is 158 Å². The van der Waals surface area contributed by atoms with Crippen molar-refractivity contribution in [1.82, 2.24) is 19.5 Å². The third kappa shape index (κ3) is 4.20. The van der Waals surface area contributed by atoms with Crippen molar-refractivity contribution >= 4 is 65.7 Å². The molecule has 0 aliphatic carbocycles. The van der Waals surface area contributed by atoms with Crippen LogP contribution in [-0.4, -0.2) is 19.5 Å². The summed E-state index contributed by atoms with van der Waals surface area (Å²) in [7, 11) is 0. The van der Waals surface area contributed by atoms with Crippen LogP contribution in [0.3, 0.4) is 0 Å². The molecular weight excluding hydrogens is 629 g/mol. The number of fused-ring (bicyclic) bond motifs is 10. The lowest BCUT2D eigenvalue weighted by molar-refractivity contribution is 0.669. The van der Waals surface area contributed by atoms with E-state index < -0.39 is 0 Å². The third-order valence-corrected chi connectivity index (χ3v) is 9.85. The van der Waals surface area contributed by atoms with E-state index in [9.17, 15) is 0 Å². The summed E-state index contributed by atoms with van der Waals surface area (Å²) in [4.78, 5) is 14.8. The number of nitrogens with zero attached hydrogens (tertiary/aromatic N) is 4. The molecule has 0 aliphatic heterocycles. The van der Waals surface area contributed by atoms with Gasteiger partial charge in [0, 0.05) is 38.2 Å². The van der Waals surface area contributed by atoms with Crippen molar-refractivity contribution < 1.29 is 8.83 Å². The van der Waals surface area contributed by atoms with Crippen molar-refractivity contribution in [2.75, 3.05) is 0 Å². The number of hydrogen-bond donors (Lipinski definition) is 0. The summed E-state index contributed by atoms with van der Waals surface area (Å²) in [6.07, 6.45) is 0. The van der Waals surface area contributed by atoms with Crippen LogP contribution >= 0.6 is 0 Å². The number of benzene rings is 7. The zero-order valence-corrected chi connectivity index (χ0v) is 27.1. The van der Waals surface area contributed by atoms with Gasteiger partial charge in [-0.25, -0.2) is 15.0 Å². The van der Waals surface area contributed by atoms with Crippen molar-refractivity contribution in [3.8, 4) is 39.9 Å². The molecule has 0 spiro atoms. The van der Waals surface area contributed by atoms with Gasteiger partial charge in [-0.1, -0.05) is 109 Å². The minimum atomic E-state index is 0.585. The van der Waals surface area contributed by atoms with Gasteiger partial charge in [-0.05, 0) is 48.5 Å². The second kappa shape index (κ2) is 10.7. The summed E-state index contributed by atoms with van der Waals surface area (Å²) in [5.41, 5.74) is 9.29. The smallest absolute Gasteiger partial charge is 0.164 e. The van der Waals surface area contributed by atoms with Crippen LogP contribution in [0.2, 0.25) is 0 Å². The van der Waals surface area contributed by atoms with Crippen molar-refractivity contribution in [3.63, 3.8) is 0 Å². The van der Waals surface area contributed by atoms with E-state index in [1.807, 2.05) is 84.9 Å². The van der Waals surface area contributed by atoms with E-state index in [0.717, 1.165) is 77.3 Å². The van der Waals surface area contributed by atoms with Gasteiger partial charge < -0.3 is 13.4 Å². The maximum Gasteiger partial charge on any atom is 0.164 e. The molecule has 4 heterocycles. The lowest BCUT2D eigenvalue weighted by atomic mass is 10.1. The molecule has 11 rings (SSSR count). The van der Waals surface area contributed by atoms with Crippen LogP contribution in [0, 0.1) is 0 Å². The van der Waals surface area contributed by atoms with Gasteiger partial charge in [0.1, 0.15) is 22.3 Å². The fourth-order valence-electron chi connectivity index (χ4n) is 7.59. The minimum Gasteiger partial charge on any atom is -0.456 e. The molecule has 0 N–H and O–H groups in total. The Labute approximate surface area is 290 Å². The SMILES string of the molecule is c1ccc(-c2nc(-c3ccccc3)nc(-c3ccc4c(c3)oc3cccc(-n5c6ccccc6c6ccc7oc8ccccc8c7c65)c34)n2)cc1. The average Bonchev–Trinajstić information content (AvgIpc) is 3.87. The lowest BCUT2D eigenvalue weighted by Crippen LogP contribution is -2.00. The summed E-state index contributed by atoms with van der Waals surface area (Å²) in [5.74, 6) is 1.83. The molecule has 4 aromatic heterocycles. The molecule has 6 heteroatoms. The molecule has 0 radical (unpaired) electrons. The predicted molar refractivity (Wildman–Crippen MR) is 205 cm³/mol. The molecule has 0 bridgehead atoms. The molecule has 6 nitrogen and oxygen atoms in total. The van der Waals surface area contributed by atoms with Gasteiger partial charge in [-0.2, -0.15) is 0 Å². The first-order valence-corrected chi connectivity index (χ1v) is 16.9. The molecule has 7 aromatic carbocycles. The normalized spacial score (nSPS) is 11.9. The molecule has 51 heavy (non-hydrogen) atoms. The van der Waals surface area contributed by atoms with Gasteiger partial charge in [-0.15, -0.1) is 0 Å². The molecule has 0 amide bonds. The minimum absolute atomic E-state index is 0.585. The van der Waals surface area contributed by atoms with E-state index in [1.54, 1.807) is 0 Å². The Morgan fingerprint density at radius 1 is 0.373 bits per heavy atom. The fraction of sp³-hybridized carbons (Fsp3) is 0. The highest BCUT2D eigenvalue weighted by Crippen LogP contribution is 2.43. The van der Waals surface area contributed by atoms with Gasteiger partial charge in [0.2, 0.25) is 0 Å². The first kappa shape index (κ1) is 27.9. The van der Waals surface area contributed by atoms with Crippen LogP contribution in [0.25, 0.3) is 106 Å². The summed E-state index contributed by atoms with van der Waals surface area (Å²) >= 11 is 0. The standard InChI is InChI=1S/C45H26N4O2/c1-3-12-27(13-4-1)43-46-44(28-14-5-2-6-15-28)48-45(47-43)29-22-23-33-39(26-29)51-37-21-11-19-35(40(33)37)49-34-18-9-7-16-30(34)31-24-25-38-41(42(31)49)32-17-8-10-20-36(32)50-38/h1-26H. The Kier molecular flexibility index (Phi) is 5.86. The van der Waals surface area contributed by atoms with Crippen molar-refractivity contribution in [1.29, 1.82) is 0 Å². The highest BCUT2D eigenvalue weighted by atomic mass is 16.3. The largest absolute Gasteiger partial charge is 0.456 e. The third-order valence-electron chi connectivity index (χ3n) is 9.85. The first-order valence-electron chi connectivity index (χ1n) is 16.9. The highest BCUT2D eigenvalue weighted by Gasteiger charge is 2.22. The quantitative estimate of drug-likeness (QED) is 0.189. The van der Waals surface area contributed by atoms with Gasteiger partial charge in [-0.3, -0.25) is 0 Å². The molecule has 238 valence electrons. The molecule has 0 saturated carbocycles. The second-order valence-corrected chi connectivity index (χ2v) is 12.8. The molecule has 0 saturated heterocycles. The Balaban J connectivity index is 1.16. The lowest BCUT2D eigenvalue weighted by Gasteiger charge is -2.10.